The number of rotatable bonds is 5. The van der Waals surface area contributed by atoms with Crippen molar-refractivity contribution >= 4 is 60.4 Å². The molecule has 0 fully saturated rings. The smallest absolute Gasteiger partial charge is 0.279 e. The molecular formula is C17H18N6O5S3. The minimum atomic E-state index is -4.00. The van der Waals surface area contributed by atoms with Gasteiger partial charge in [0.2, 0.25) is 20.0 Å². The molecule has 0 atom stereocenters. The summed E-state index contributed by atoms with van der Waals surface area (Å²) in [5.41, 5.74) is 3.24. The lowest BCUT2D eigenvalue weighted by Crippen LogP contribution is -2.32. The van der Waals surface area contributed by atoms with Gasteiger partial charge in [0.15, 0.2) is 10.8 Å². The number of carbonyl (C=O) groups excluding carboxylic acids is 1. The van der Waals surface area contributed by atoms with Crippen molar-refractivity contribution in [3.8, 4) is 0 Å². The molecular weight excluding hydrogens is 464 g/mol. The Hall–Kier alpha value is -2.91. The van der Waals surface area contributed by atoms with Gasteiger partial charge in [0.1, 0.15) is 4.90 Å². The second-order valence-electron chi connectivity index (χ2n) is 6.34. The molecule has 1 aliphatic heterocycles. The third kappa shape index (κ3) is 4.72. The highest BCUT2D eigenvalue weighted by Crippen LogP contribution is 2.31. The van der Waals surface area contributed by atoms with E-state index in [0.717, 1.165) is 0 Å². The van der Waals surface area contributed by atoms with Gasteiger partial charge < -0.3 is 10.2 Å². The van der Waals surface area contributed by atoms with Gasteiger partial charge in [-0.3, -0.25) is 10.2 Å². The molecule has 1 amide bonds. The molecule has 0 aliphatic carbocycles. The van der Waals surface area contributed by atoms with Crippen molar-refractivity contribution < 1.29 is 21.6 Å². The number of primary sulfonamides is 2. The van der Waals surface area contributed by atoms with Gasteiger partial charge in [-0.25, -0.2) is 27.1 Å². The van der Waals surface area contributed by atoms with E-state index in [4.69, 9.17) is 22.5 Å². The summed E-state index contributed by atoms with van der Waals surface area (Å²) in [6.45, 7) is 2.08. The van der Waals surface area contributed by atoms with Crippen LogP contribution in [0.25, 0.3) is 0 Å². The van der Waals surface area contributed by atoms with Crippen LogP contribution in [0.15, 0.2) is 57.4 Å². The summed E-state index contributed by atoms with van der Waals surface area (Å²) >= 11 is 5.13. The fourth-order valence-electron chi connectivity index (χ4n) is 2.97. The number of fused-ring (bicyclic) bond motifs is 1. The number of hydrogen-bond acceptors (Lipinski definition) is 7. The van der Waals surface area contributed by atoms with Crippen LogP contribution in [0.4, 0.5) is 11.4 Å². The molecule has 2 aromatic carbocycles. The van der Waals surface area contributed by atoms with Crippen LogP contribution in [-0.2, 0) is 24.8 Å². The van der Waals surface area contributed by atoms with Crippen LogP contribution in [0.5, 0.6) is 0 Å². The minimum Gasteiger partial charge on any atom is -0.330 e. The number of nitrogens with zero attached hydrogens (tertiary/aromatic N) is 2. The third-order valence-electron chi connectivity index (χ3n) is 4.32. The molecule has 0 spiro atoms. The number of para-hydroxylation sites is 1. The first-order chi connectivity index (χ1) is 14.4. The van der Waals surface area contributed by atoms with Gasteiger partial charge in [-0.1, -0.05) is 12.1 Å². The van der Waals surface area contributed by atoms with E-state index in [9.17, 15) is 21.6 Å². The number of carbonyl (C=O) groups is 1. The molecule has 0 saturated carbocycles. The van der Waals surface area contributed by atoms with Crippen molar-refractivity contribution in [2.45, 2.75) is 16.7 Å². The third-order valence-corrected chi connectivity index (χ3v) is 6.39. The van der Waals surface area contributed by atoms with Gasteiger partial charge >= 0.3 is 0 Å². The zero-order valence-electron chi connectivity index (χ0n) is 16.1. The Kier molecular flexibility index (Phi) is 6.11. The van der Waals surface area contributed by atoms with Gasteiger partial charge in [0.25, 0.3) is 5.91 Å². The summed E-state index contributed by atoms with van der Waals surface area (Å²) in [5.74, 6) is -0.468. The normalized spacial score (nSPS) is 15.1. The standard InChI is InChI=1S/C17H18N6O5S3/c1-2-23-13-8-7-10(30(18,25)26)9-11(13)15(16(23)24)21-22-17(29)20-12-5-3-4-6-14(12)31(19,27)28/h3-9H,2H2,1H3,(H2,18,25,26)(H2,19,27,28)(H2,20,22,29). The fourth-order valence-corrected chi connectivity index (χ4v) is 4.36. The average molecular weight is 483 g/mol. The number of hydrazone groups is 1. The highest BCUT2D eigenvalue weighted by Gasteiger charge is 2.34. The average Bonchev–Trinajstić information content (AvgIpc) is 2.95. The maximum Gasteiger partial charge on any atom is 0.279 e. The summed E-state index contributed by atoms with van der Waals surface area (Å²) in [6.07, 6.45) is 0. The summed E-state index contributed by atoms with van der Waals surface area (Å²) in [6, 6.07) is 9.86. The molecule has 31 heavy (non-hydrogen) atoms. The van der Waals surface area contributed by atoms with Crippen molar-refractivity contribution in [2.24, 2.45) is 15.4 Å². The molecule has 6 N–H and O–H groups in total. The number of nitrogens with two attached hydrogens (primary N) is 2. The number of nitrogens with one attached hydrogen (secondary N) is 2. The van der Waals surface area contributed by atoms with E-state index < -0.39 is 26.0 Å². The van der Waals surface area contributed by atoms with Gasteiger partial charge in [0.05, 0.1) is 16.3 Å². The first-order valence-corrected chi connectivity index (χ1v) is 12.2. The molecule has 0 unspecified atom stereocenters. The van der Waals surface area contributed by atoms with Crippen LogP contribution in [-0.4, -0.2) is 40.1 Å². The van der Waals surface area contributed by atoms with E-state index in [2.05, 4.69) is 15.8 Å². The molecule has 3 rings (SSSR count). The first-order valence-electron chi connectivity index (χ1n) is 8.69. The molecule has 14 heteroatoms. The Labute approximate surface area is 184 Å². The summed E-state index contributed by atoms with van der Waals surface area (Å²) < 4.78 is 46.8. The van der Waals surface area contributed by atoms with Gasteiger partial charge in [-0.05, 0) is 49.5 Å². The van der Waals surface area contributed by atoms with Crippen molar-refractivity contribution in [2.75, 3.05) is 16.8 Å². The van der Waals surface area contributed by atoms with Crippen LogP contribution in [0, 0.1) is 0 Å². The molecule has 0 saturated heterocycles. The van der Waals surface area contributed by atoms with Crippen LogP contribution >= 0.6 is 12.2 Å². The van der Waals surface area contributed by atoms with E-state index in [-0.39, 0.29) is 31.9 Å². The highest BCUT2D eigenvalue weighted by atomic mass is 32.2. The SMILES string of the molecule is CCN1C(=O)C(=NNC(=S)Nc2ccccc2S(N)(=O)=O)c2cc(S(N)(=O)=O)ccc21. The van der Waals surface area contributed by atoms with Crippen LogP contribution in [0.3, 0.4) is 0 Å². The van der Waals surface area contributed by atoms with E-state index in [1.807, 2.05) is 0 Å². The van der Waals surface area contributed by atoms with Gasteiger partial charge in [0, 0.05) is 12.1 Å². The summed E-state index contributed by atoms with van der Waals surface area (Å²) in [4.78, 5) is 13.8. The minimum absolute atomic E-state index is 0.0776. The summed E-state index contributed by atoms with van der Waals surface area (Å²) in [5, 5.41) is 16.9. The lowest BCUT2D eigenvalue weighted by molar-refractivity contribution is -0.112. The quantitative estimate of drug-likeness (QED) is 0.341. The molecule has 1 heterocycles. The van der Waals surface area contributed by atoms with E-state index >= 15 is 0 Å². The Morgan fingerprint density at radius 1 is 1.10 bits per heavy atom. The van der Waals surface area contributed by atoms with E-state index in [1.54, 1.807) is 13.0 Å². The first kappa shape index (κ1) is 22.8. The number of amides is 1. The number of benzene rings is 2. The predicted octanol–water partition coefficient (Wildman–Crippen LogP) is 0.0386. The number of likely N-dealkylation sites (N-methyl/N-ethyl adjacent to an activating group) is 1. The molecule has 1 aliphatic rings. The lowest BCUT2D eigenvalue weighted by atomic mass is 10.1. The highest BCUT2D eigenvalue weighted by molar-refractivity contribution is 7.89. The Morgan fingerprint density at radius 3 is 2.39 bits per heavy atom. The monoisotopic (exact) mass is 482 g/mol. The van der Waals surface area contributed by atoms with Gasteiger partial charge in [-0.2, -0.15) is 5.10 Å². The maximum absolute atomic E-state index is 12.7. The van der Waals surface area contributed by atoms with E-state index in [0.29, 0.717) is 12.2 Å². The van der Waals surface area contributed by atoms with Crippen LogP contribution in [0.2, 0.25) is 0 Å². The number of thiocarbonyl (C=S) groups is 1. The Bertz CT molecular complexity index is 1320. The topological polar surface area (TPSA) is 177 Å². The molecule has 11 nitrogen and oxygen atoms in total. The summed E-state index contributed by atoms with van der Waals surface area (Å²) in [7, 11) is -8.00. The second-order valence-corrected chi connectivity index (χ2v) is 9.84. The second kappa shape index (κ2) is 8.32. The molecule has 0 radical (unpaired) electrons. The Morgan fingerprint density at radius 2 is 1.77 bits per heavy atom. The zero-order valence-corrected chi connectivity index (χ0v) is 18.5. The van der Waals surface area contributed by atoms with Crippen molar-refractivity contribution in [1.29, 1.82) is 0 Å². The van der Waals surface area contributed by atoms with Crippen molar-refractivity contribution in [1.82, 2.24) is 5.43 Å². The van der Waals surface area contributed by atoms with E-state index in [1.165, 1.54) is 41.3 Å². The Balaban J connectivity index is 1.92. The maximum atomic E-state index is 12.7. The number of anilines is 2. The zero-order chi connectivity index (χ0) is 23.0. The molecule has 0 bridgehead atoms. The lowest BCUT2D eigenvalue weighted by Gasteiger charge is -2.13. The number of hydrogen-bond donors (Lipinski definition) is 4. The van der Waals surface area contributed by atoms with Crippen LogP contribution < -0.4 is 25.9 Å². The van der Waals surface area contributed by atoms with Crippen LogP contribution in [0.1, 0.15) is 12.5 Å². The van der Waals surface area contributed by atoms with Crippen molar-refractivity contribution in [3.63, 3.8) is 0 Å². The predicted molar refractivity (Wildman–Crippen MR) is 120 cm³/mol. The fraction of sp³-hybridized carbons (Fsp3) is 0.118. The van der Waals surface area contributed by atoms with Crippen molar-refractivity contribution in [3.05, 3.63) is 48.0 Å². The van der Waals surface area contributed by atoms with Gasteiger partial charge in [-0.15, -0.1) is 0 Å². The molecule has 0 aromatic heterocycles. The largest absolute Gasteiger partial charge is 0.330 e. The molecule has 164 valence electrons. The molecule has 2 aromatic rings. The number of sulfonamides is 2.